The quantitative estimate of drug-likeness (QED) is 0.132. The number of ether oxygens (including phenoxy) is 1. The van der Waals surface area contributed by atoms with Crippen LogP contribution in [0.2, 0.25) is 54.4 Å². The normalized spacial score (nSPS) is 17.7. The van der Waals surface area contributed by atoms with Gasteiger partial charge < -0.3 is 18.0 Å². The lowest BCUT2D eigenvalue weighted by Gasteiger charge is -2.45. The number of Topliss-reactive ketones (excluding diaryl/α,β-unsaturated/α-hetero) is 1. The molecule has 0 amide bonds. The second-order valence-electron chi connectivity index (χ2n) is 13.2. The molecule has 0 rings (SSSR count). The maximum Gasteiger partial charge on any atom is 0.192 e. The van der Waals surface area contributed by atoms with Gasteiger partial charge in [0.25, 0.3) is 0 Å². The molecule has 0 fully saturated rings. The zero-order valence-electron chi connectivity index (χ0n) is 28.1. The topological polar surface area (TPSA) is 54.0 Å². The molecule has 38 heavy (non-hydrogen) atoms. The molecule has 0 spiro atoms. The molecule has 0 saturated carbocycles. The van der Waals surface area contributed by atoms with Gasteiger partial charge in [0.15, 0.2) is 25.0 Å². The van der Waals surface area contributed by atoms with Gasteiger partial charge in [0.2, 0.25) is 0 Å². The van der Waals surface area contributed by atoms with E-state index in [2.05, 4.69) is 89.3 Å². The van der Waals surface area contributed by atoms with Crippen molar-refractivity contribution in [1.82, 2.24) is 0 Å². The first-order valence-electron chi connectivity index (χ1n) is 15.5. The molecule has 0 unspecified atom stereocenters. The fraction of sp³-hybridized carbons (Fsp3) is 0.967. The Balaban J connectivity index is 6.65. The standard InChI is InChI=1S/C30H66O5Si3/c1-16-37(17-2,18-3)34-28(22-27(23-32-13)33-36(14,15)30(10,11)12)25(8)29(24(7)26(9)31)35-38(19-4,20-5)21-6/h24-25,27-29H,16-23H2,1-15H3/t24-,25-,27+,28+,29+/m0/s1. The van der Waals surface area contributed by atoms with Gasteiger partial charge in [-0.05, 0) is 67.7 Å². The zero-order chi connectivity index (χ0) is 29.9. The predicted molar refractivity (Wildman–Crippen MR) is 172 cm³/mol. The van der Waals surface area contributed by atoms with Crippen molar-refractivity contribution in [2.24, 2.45) is 11.8 Å². The molecule has 0 aliphatic carbocycles. The highest BCUT2D eigenvalue weighted by molar-refractivity contribution is 6.74. The van der Waals surface area contributed by atoms with Gasteiger partial charge >= 0.3 is 0 Å². The third-order valence-electron chi connectivity index (χ3n) is 10.0. The summed E-state index contributed by atoms with van der Waals surface area (Å²) in [6.45, 7) is 31.7. The predicted octanol–water partition coefficient (Wildman–Crippen LogP) is 9.06. The molecule has 5 nitrogen and oxygen atoms in total. The first-order chi connectivity index (χ1) is 17.5. The molecule has 0 aliphatic rings. The summed E-state index contributed by atoms with van der Waals surface area (Å²) in [5.41, 5.74) is 0. The fourth-order valence-electron chi connectivity index (χ4n) is 5.28. The van der Waals surface area contributed by atoms with E-state index in [1.807, 2.05) is 0 Å². The molecule has 0 radical (unpaired) electrons. The van der Waals surface area contributed by atoms with E-state index in [9.17, 15) is 4.79 Å². The van der Waals surface area contributed by atoms with Gasteiger partial charge in [-0.2, -0.15) is 0 Å². The summed E-state index contributed by atoms with van der Waals surface area (Å²) in [6.07, 6.45) is 0.511. The van der Waals surface area contributed by atoms with Crippen LogP contribution in [0.1, 0.15) is 89.5 Å². The second kappa shape index (κ2) is 16.6. The van der Waals surface area contributed by atoms with Gasteiger partial charge in [-0.1, -0.05) is 76.2 Å². The molecular formula is C30H66O5Si3. The second-order valence-corrected chi connectivity index (χ2v) is 27.4. The number of hydrogen-bond acceptors (Lipinski definition) is 5. The molecule has 0 aromatic heterocycles. The van der Waals surface area contributed by atoms with E-state index in [0.29, 0.717) is 6.61 Å². The summed E-state index contributed by atoms with van der Waals surface area (Å²) in [6, 6.07) is 6.47. The Morgan fingerprint density at radius 1 is 0.763 bits per heavy atom. The first kappa shape index (κ1) is 38.2. The van der Waals surface area contributed by atoms with Crippen molar-refractivity contribution in [3.05, 3.63) is 0 Å². The molecule has 0 aromatic carbocycles. The van der Waals surface area contributed by atoms with E-state index in [1.54, 1.807) is 14.0 Å². The smallest absolute Gasteiger partial charge is 0.192 e. The molecule has 0 heterocycles. The Morgan fingerprint density at radius 3 is 1.53 bits per heavy atom. The van der Waals surface area contributed by atoms with Crippen molar-refractivity contribution in [2.75, 3.05) is 13.7 Å². The summed E-state index contributed by atoms with van der Waals surface area (Å²) >= 11 is 0. The van der Waals surface area contributed by atoms with E-state index >= 15 is 0 Å². The van der Waals surface area contributed by atoms with Crippen LogP contribution in [0.3, 0.4) is 0 Å². The van der Waals surface area contributed by atoms with Gasteiger partial charge in [0, 0.05) is 18.9 Å². The van der Waals surface area contributed by atoms with E-state index in [-0.39, 0.29) is 41.0 Å². The molecule has 0 N–H and O–H groups in total. The number of rotatable bonds is 20. The van der Waals surface area contributed by atoms with Crippen molar-refractivity contribution < 1.29 is 22.8 Å². The van der Waals surface area contributed by atoms with Gasteiger partial charge in [-0.3, -0.25) is 4.79 Å². The average Bonchev–Trinajstić information content (AvgIpc) is 2.86. The molecule has 0 saturated heterocycles. The third kappa shape index (κ3) is 10.5. The number of methoxy groups -OCH3 is 1. The fourth-order valence-corrected chi connectivity index (χ4v) is 12.6. The lowest BCUT2D eigenvalue weighted by atomic mass is 9.85. The summed E-state index contributed by atoms with van der Waals surface area (Å²) in [5, 5.41) is 0.110. The molecular weight excluding hydrogens is 525 g/mol. The lowest BCUT2D eigenvalue weighted by Crippen LogP contribution is -2.52. The minimum atomic E-state index is -2.02. The minimum Gasteiger partial charge on any atom is -0.413 e. The van der Waals surface area contributed by atoms with Gasteiger partial charge in [0.1, 0.15) is 5.78 Å². The van der Waals surface area contributed by atoms with Gasteiger partial charge in [-0.15, -0.1) is 0 Å². The van der Waals surface area contributed by atoms with Crippen molar-refractivity contribution in [3.8, 4) is 0 Å². The Morgan fingerprint density at radius 2 is 1.18 bits per heavy atom. The Bertz CT molecular complexity index is 655. The van der Waals surface area contributed by atoms with Gasteiger partial charge in [0.05, 0.1) is 24.9 Å². The monoisotopic (exact) mass is 590 g/mol. The summed E-state index contributed by atoms with van der Waals surface area (Å²) < 4.78 is 27.1. The molecule has 0 aromatic rings. The van der Waals surface area contributed by atoms with Crippen molar-refractivity contribution in [2.45, 2.75) is 162 Å². The van der Waals surface area contributed by atoms with Crippen molar-refractivity contribution in [1.29, 1.82) is 0 Å². The van der Waals surface area contributed by atoms with E-state index in [0.717, 1.165) is 42.7 Å². The highest BCUT2D eigenvalue weighted by Gasteiger charge is 2.45. The molecule has 0 aliphatic heterocycles. The summed E-state index contributed by atoms with van der Waals surface area (Å²) in [5.74, 6) is 0.0998. The highest BCUT2D eigenvalue weighted by Crippen LogP contribution is 2.40. The first-order valence-corrected chi connectivity index (χ1v) is 23.5. The van der Waals surface area contributed by atoms with Gasteiger partial charge in [-0.25, -0.2) is 0 Å². The lowest BCUT2D eigenvalue weighted by molar-refractivity contribution is -0.125. The highest BCUT2D eigenvalue weighted by atomic mass is 28.4. The molecule has 0 bridgehead atoms. The number of carbonyl (C=O) groups is 1. The SMILES string of the molecule is CC[Si](CC)(CC)O[C@@H]([C@@H](C)[C@@H](C[C@H](COC)O[Si](C)(C)C(C)(C)C)O[Si](CC)(CC)CC)[C@@H](C)C(C)=O. The molecule has 8 heteroatoms. The van der Waals surface area contributed by atoms with E-state index in [4.69, 9.17) is 18.0 Å². The Kier molecular flexibility index (Phi) is 16.6. The minimum absolute atomic E-state index is 0.0458. The average molecular weight is 591 g/mol. The summed E-state index contributed by atoms with van der Waals surface area (Å²) in [7, 11) is -4.13. The largest absolute Gasteiger partial charge is 0.413 e. The molecule has 5 atom stereocenters. The van der Waals surface area contributed by atoms with Crippen LogP contribution < -0.4 is 0 Å². The Labute approximate surface area is 240 Å². The summed E-state index contributed by atoms with van der Waals surface area (Å²) in [4.78, 5) is 12.8. The van der Waals surface area contributed by atoms with E-state index < -0.39 is 25.0 Å². The Hall–Kier alpha value is 0.161. The van der Waals surface area contributed by atoms with Crippen molar-refractivity contribution >= 4 is 30.7 Å². The third-order valence-corrected chi connectivity index (χ3v) is 23.8. The van der Waals surface area contributed by atoms with Crippen LogP contribution in [0.5, 0.6) is 0 Å². The van der Waals surface area contributed by atoms with Crippen LogP contribution in [-0.2, 0) is 22.8 Å². The number of ketones is 1. The maximum atomic E-state index is 12.8. The van der Waals surface area contributed by atoms with Crippen molar-refractivity contribution in [3.63, 3.8) is 0 Å². The van der Waals surface area contributed by atoms with Crippen LogP contribution in [0.25, 0.3) is 0 Å². The zero-order valence-corrected chi connectivity index (χ0v) is 31.1. The number of carbonyl (C=O) groups excluding carboxylic acids is 1. The van der Waals surface area contributed by atoms with Crippen LogP contribution >= 0.6 is 0 Å². The van der Waals surface area contributed by atoms with Crippen LogP contribution in [0.15, 0.2) is 0 Å². The van der Waals surface area contributed by atoms with E-state index in [1.165, 1.54) is 0 Å². The van der Waals surface area contributed by atoms with Crippen LogP contribution in [0, 0.1) is 11.8 Å². The van der Waals surface area contributed by atoms with Crippen LogP contribution in [-0.4, -0.2) is 62.8 Å². The van der Waals surface area contributed by atoms with Crippen LogP contribution in [0.4, 0.5) is 0 Å². The number of hydrogen-bond donors (Lipinski definition) is 0. The molecule has 228 valence electrons. The maximum absolute atomic E-state index is 12.8.